The lowest BCUT2D eigenvalue weighted by atomic mass is 10.0. The van der Waals surface area contributed by atoms with E-state index in [0.717, 1.165) is 0 Å². The second kappa shape index (κ2) is 4.37. The Kier molecular flexibility index (Phi) is 2.91. The molecule has 5 nitrogen and oxygen atoms in total. The molecule has 0 radical (unpaired) electrons. The van der Waals surface area contributed by atoms with Gasteiger partial charge >= 0.3 is 0 Å². The molecule has 0 aromatic heterocycles. The number of benzene rings is 1. The van der Waals surface area contributed by atoms with E-state index in [1.165, 1.54) is 5.01 Å². The maximum Gasteiger partial charge on any atom is 0.260 e. The van der Waals surface area contributed by atoms with Crippen LogP contribution in [-0.4, -0.2) is 29.6 Å². The largest absolute Gasteiger partial charge is 0.325 e. The SMILES string of the molecule is CC1=NN(C)C(=O)[C@H]1C(=O)Nc1ccccc1. The maximum atomic E-state index is 11.9. The molecule has 0 saturated heterocycles. The Morgan fingerprint density at radius 3 is 2.53 bits per heavy atom. The fourth-order valence-corrected chi connectivity index (χ4v) is 1.75. The topological polar surface area (TPSA) is 61.8 Å². The highest BCUT2D eigenvalue weighted by atomic mass is 16.2. The van der Waals surface area contributed by atoms with E-state index in [0.29, 0.717) is 11.4 Å². The summed E-state index contributed by atoms with van der Waals surface area (Å²) in [6.07, 6.45) is 0. The molecular weight excluding hydrogens is 218 g/mol. The predicted octanol–water partition coefficient (Wildman–Crippen LogP) is 1.09. The standard InChI is InChI=1S/C12H13N3O2/c1-8-10(12(17)15(2)14-8)11(16)13-9-6-4-3-5-7-9/h3-7,10H,1-2H3,(H,13,16)/t10-/m1/s1. The Hall–Kier alpha value is -2.17. The van der Waals surface area contributed by atoms with Gasteiger partial charge in [-0.05, 0) is 19.1 Å². The van der Waals surface area contributed by atoms with Gasteiger partial charge in [0.1, 0.15) is 0 Å². The third-order valence-electron chi connectivity index (χ3n) is 2.59. The molecule has 17 heavy (non-hydrogen) atoms. The number of nitrogens with zero attached hydrogens (tertiary/aromatic N) is 2. The van der Waals surface area contributed by atoms with Crippen molar-refractivity contribution in [1.29, 1.82) is 0 Å². The maximum absolute atomic E-state index is 11.9. The van der Waals surface area contributed by atoms with Gasteiger partial charge in [-0.1, -0.05) is 18.2 Å². The summed E-state index contributed by atoms with van der Waals surface area (Å²) < 4.78 is 0. The molecule has 5 heteroatoms. The Labute approximate surface area is 99.1 Å². The number of hydrogen-bond acceptors (Lipinski definition) is 3. The summed E-state index contributed by atoms with van der Waals surface area (Å²) in [6, 6.07) is 9.04. The average molecular weight is 231 g/mol. The minimum absolute atomic E-state index is 0.295. The van der Waals surface area contributed by atoms with Crippen LogP contribution in [0.15, 0.2) is 35.4 Å². The minimum Gasteiger partial charge on any atom is -0.325 e. The summed E-state index contributed by atoms with van der Waals surface area (Å²) in [5, 5.41) is 7.85. The van der Waals surface area contributed by atoms with Crippen LogP contribution in [-0.2, 0) is 9.59 Å². The van der Waals surface area contributed by atoms with E-state index in [4.69, 9.17) is 0 Å². The zero-order valence-corrected chi connectivity index (χ0v) is 9.68. The van der Waals surface area contributed by atoms with Crippen molar-refractivity contribution in [3.63, 3.8) is 0 Å². The first-order valence-corrected chi connectivity index (χ1v) is 5.28. The number of nitrogens with one attached hydrogen (secondary N) is 1. The Bertz CT molecular complexity index is 482. The monoisotopic (exact) mass is 231 g/mol. The molecule has 2 amide bonds. The van der Waals surface area contributed by atoms with E-state index >= 15 is 0 Å². The number of rotatable bonds is 2. The number of anilines is 1. The number of hydrazone groups is 1. The van der Waals surface area contributed by atoms with Crippen LogP contribution in [0.4, 0.5) is 5.69 Å². The van der Waals surface area contributed by atoms with Crippen LogP contribution >= 0.6 is 0 Å². The highest BCUT2D eigenvalue weighted by molar-refractivity contribution is 6.24. The molecule has 1 atom stereocenters. The summed E-state index contributed by atoms with van der Waals surface area (Å²) in [6.45, 7) is 1.68. The summed E-state index contributed by atoms with van der Waals surface area (Å²) in [5.74, 6) is -1.44. The van der Waals surface area contributed by atoms with Gasteiger partial charge in [-0.25, -0.2) is 5.01 Å². The summed E-state index contributed by atoms with van der Waals surface area (Å²) in [5.41, 5.74) is 1.19. The van der Waals surface area contributed by atoms with Crippen molar-refractivity contribution in [3.05, 3.63) is 30.3 Å². The van der Waals surface area contributed by atoms with Crippen LogP contribution < -0.4 is 5.32 Å². The first-order chi connectivity index (χ1) is 8.09. The third kappa shape index (κ3) is 2.18. The van der Waals surface area contributed by atoms with Crippen LogP contribution in [0.5, 0.6) is 0 Å². The molecule has 0 bridgehead atoms. The van der Waals surface area contributed by atoms with E-state index < -0.39 is 5.92 Å². The van der Waals surface area contributed by atoms with Gasteiger partial charge < -0.3 is 5.32 Å². The first kappa shape index (κ1) is 11.3. The van der Waals surface area contributed by atoms with Gasteiger partial charge in [0, 0.05) is 12.7 Å². The lowest BCUT2D eigenvalue weighted by molar-refractivity contribution is -0.134. The van der Waals surface area contributed by atoms with E-state index in [-0.39, 0.29) is 11.8 Å². The molecule has 0 fully saturated rings. The molecule has 1 aromatic rings. The van der Waals surface area contributed by atoms with Gasteiger partial charge in [0.25, 0.3) is 5.91 Å². The highest BCUT2D eigenvalue weighted by Gasteiger charge is 2.37. The zero-order valence-electron chi connectivity index (χ0n) is 9.68. The van der Waals surface area contributed by atoms with Crippen LogP contribution in [0.2, 0.25) is 0 Å². The first-order valence-electron chi connectivity index (χ1n) is 5.28. The molecular formula is C12H13N3O2. The number of hydrogen-bond donors (Lipinski definition) is 1. The highest BCUT2D eigenvalue weighted by Crippen LogP contribution is 2.16. The van der Waals surface area contributed by atoms with Crippen molar-refractivity contribution >= 4 is 23.2 Å². The van der Waals surface area contributed by atoms with Gasteiger partial charge in [0.15, 0.2) is 5.92 Å². The normalized spacial score (nSPS) is 19.2. The Balaban J connectivity index is 2.12. The van der Waals surface area contributed by atoms with Crippen molar-refractivity contribution in [3.8, 4) is 0 Å². The van der Waals surface area contributed by atoms with Crippen molar-refractivity contribution in [1.82, 2.24) is 5.01 Å². The number of carbonyl (C=O) groups is 2. The second-order valence-corrected chi connectivity index (χ2v) is 3.89. The van der Waals surface area contributed by atoms with Gasteiger partial charge in [0.2, 0.25) is 5.91 Å². The van der Waals surface area contributed by atoms with Gasteiger partial charge in [0.05, 0.1) is 5.71 Å². The summed E-state index contributed by atoms with van der Waals surface area (Å²) in [7, 11) is 1.54. The van der Waals surface area contributed by atoms with E-state index in [1.807, 2.05) is 18.2 Å². The van der Waals surface area contributed by atoms with Crippen LogP contribution in [0, 0.1) is 5.92 Å². The van der Waals surface area contributed by atoms with E-state index in [9.17, 15) is 9.59 Å². The molecule has 0 spiro atoms. The Morgan fingerprint density at radius 1 is 1.35 bits per heavy atom. The van der Waals surface area contributed by atoms with Crippen molar-refractivity contribution < 1.29 is 9.59 Å². The lowest BCUT2D eigenvalue weighted by Crippen LogP contribution is -2.34. The number of para-hydroxylation sites is 1. The number of amides is 2. The van der Waals surface area contributed by atoms with Crippen molar-refractivity contribution in [2.45, 2.75) is 6.92 Å². The molecule has 88 valence electrons. The molecule has 0 saturated carbocycles. The molecule has 1 aliphatic rings. The quantitative estimate of drug-likeness (QED) is 0.774. The molecule has 1 aromatic carbocycles. The smallest absolute Gasteiger partial charge is 0.260 e. The number of carbonyl (C=O) groups excluding carboxylic acids is 2. The molecule has 1 N–H and O–H groups in total. The van der Waals surface area contributed by atoms with E-state index in [1.54, 1.807) is 26.1 Å². The fraction of sp³-hybridized carbons (Fsp3) is 0.250. The van der Waals surface area contributed by atoms with Gasteiger partial charge in [-0.15, -0.1) is 0 Å². The molecule has 0 unspecified atom stereocenters. The van der Waals surface area contributed by atoms with Crippen LogP contribution in [0.3, 0.4) is 0 Å². The molecule has 1 aliphatic heterocycles. The van der Waals surface area contributed by atoms with Gasteiger partial charge in [-0.3, -0.25) is 9.59 Å². The lowest BCUT2D eigenvalue weighted by Gasteiger charge is -2.10. The van der Waals surface area contributed by atoms with Crippen LogP contribution in [0.1, 0.15) is 6.92 Å². The average Bonchev–Trinajstić information content (AvgIpc) is 2.54. The zero-order chi connectivity index (χ0) is 12.4. The predicted molar refractivity (Wildman–Crippen MR) is 64.4 cm³/mol. The van der Waals surface area contributed by atoms with Crippen LogP contribution in [0.25, 0.3) is 0 Å². The Morgan fingerprint density at radius 2 is 2.00 bits per heavy atom. The van der Waals surface area contributed by atoms with Gasteiger partial charge in [-0.2, -0.15) is 5.10 Å². The second-order valence-electron chi connectivity index (χ2n) is 3.89. The molecule has 1 heterocycles. The fourth-order valence-electron chi connectivity index (χ4n) is 1.75. The molecule has 0 aliphatic carbocycles. The van der Waals surface area contributed by atoms with Crippen molar-refractivity contribution in [2.75, 3.05) is 12.4 Å². The molecule has 2 rings (SSSR count). The summed E-state index contributed by atoms with van der Waals surface area (Å²) in [4.78, 5) is 23.6. The third-order valence-corrected chi connectivity index (χ3v) is 2.59. The van der Waals surface area contributed by atoms with E-state index in [2.05, 4.69) is 10.4 Å². The minimum atomic E-state index is -0.805. The van der Waals surface area contributed by atoms with Crippen molar-refractivity contribution in [2.24, 2.45) is 11.0 Å². The summed E-state index contributed by atoms with van der Waals surface area (Å²) >= 11 is 0.